The molecule has 1 aromatic heterocycles. The van der Waals surface area contributed by atoms with Crippen LogP contribution in [0.5, 0.6) is 0 Å². The number of nitrogens with zero attached hydrogens (tertiary/aromatic N) is 3. The van der Waals surface area contributed by atoms with Gasteiger partial charge in [0.25, 0.3) is 5.60 Å². The van der Waals surface area contributed by atoms with Crippen molar-refractivity contribution in [1.82, 2.24) is 14.8 Å². The van der Waals surface area contributed by atoms with Crippen LogP contribution in [0.15, 0.2) is 73.1 Å². The topological polar surface area (TPSA) is 39.6 Å². The lowest BCUT2D eigenvalue weighted by Crippen LogP contribution is -2.53. The third-order valence-electron chi connectivity index (χ3n) is 7.64. The molecule has 2 fully saturated rings. The third kappa shape index (κ3) is 5.04. The summed E-state index contributed by atoms with van der Waals surface area (Å²) in [5, 5.41) is 9.58. The van der Waals surface area contributed by atoms with Gasteiger partial charge < -0.3 is 5.11 Å². The van der Waals surface area contributed by atoms with Crippen LogP contribution in [0.25, 0.3) is 11.1 Å². The molecule has 1 N–H and O–H groups in total. The standard InChI is InChI=1S/C28H27F6N3O/c29-27(30,31)26(38,28(32,33)34)23-7-5-22(6-8-23)21-3-1-19(2-4-21)15-36-17-24-9-10-25(18-36)37(24)16-20-11-13-35-14-12-20/h1-8,11-14,24-25,38H,9-10,15-18H2. The lowest BCUT2D eigenvalue weighted by Gasteiger charge is -2.41. The first kappa shape index (κ1) is 26.6. The number of fused-ring (bicyclic) bond motifs is 2. The summed E-state index contributed by atoms with van der Waals surface area (Å²) in [7, 11) is 0. The van der Waals surface area contributed by atoms with E-state index >= 15 is 0 Å². The molecule has 202 valence electrons. The van der Waals surface area contributed by atoms with Crippen molar-refractivity contribution in [3.8, 4) is 11.1 Å². The Kier molecular flexibility index (Phi) is 7.00. The van der Waals surface area contributed by atoms with Crippen molar-refractivity contribution >= 4 is 0 Å². The van der Waals surface area contributed by atoms with E-state index in [1.165, 1.54) is 18.4 Å². The van der Waals surface area contributed by atoms with Crippen molar-refractivity contribution in [2.45, 2.75) is 56.0 Å². The minimum Gasteiger partial charge on any atom is -0.369 e. The Hall–Kier alpha value is -2.95. The lowest BCUT2D eigenvalue weighted by molar-refractivity contribution is -0.376. The number of likely N-dealkylation sites (tertiary alicyclic amines) is 1. The zero-order valence-electron chi connectivity index (χ0n) is 20.4. The summed E-state index contributed by atoms with van der Waals surface area (Å²) in [6.45, 7) is 3.61. The van der Waals surface area contributed by atoms with Gasteiger partial charge in [-0.3, -0.25) is 14.8 Å². The van der Waals surface area contributed by atoms with E-state index in [0.29, 0.717) is 35.3 Å². The number of aliphatic hydroxyl groups is 1. The molecule has 3 heterocycles. The molecular weight excluding hydrogens is 508 g/mol. The van der Waals surface area contributed by atoms with Crippen molar-refractivity contribution in [2.24, 2.45) is 0 Å². The fraction of sp³-hybridized carbons (Fsp3) is 0.393. The zero-order valence-corrected chi connectivity index (χ0v) is 20.4. The SMILES string of the molecule is OC(c1ccc(-c2ccc(CN3CC4CCC(C3)N4Cc3ccncc3)cc2)cc1)(C(F)(F)F)C(F)(F)F. The summed E-state index contributed by atoms with van der Waals surface area (Å²) >= 11 is 0. The van der Waals surface area contributed by atoms with Crippen LogP contribution in [0, 0.1) is 0 Å². The number of hydrogen-bond acceptors (Lipinski definition) is 4. The van der Waals surface area contributed by atoms with Crippen LogP contribution >= 0.6 is 0 Å². The van der Waals surface area contributed by atoms with Crippen LogP contribution in [-0.2, 0) is 18.7 Å². The van der Waals surface area contributed by atoms with Crippen molar-refractivity contribution in [1.29, 1.82) is 0 Å². The number of pyridine rings is 1. The second-order valence-electron chi connectivity index (χ2n) is 10.1. The van der Waals surface area contributed by atoms with E-state index in [-0.39, 0.29) is 0 Å². The van der Waals surface area contributed by atoms with Gasteiger partial charge in [-0.05, 0) is 47.2 Å². The molecule has 0 amide bonds. The highest BCUT2D eigenvalue weighted by atomic mass is 19.4. The van der Waals surface area contributed by atoms with Gasteiger partial charge in [0, 0.05) is 56.2 Å². The number of piperazine rings is 1. The third-order valence-corrected chi connectivity index (χ3v) is 7.64. The van der Waals surface area contributed by atoms with E-state index in [1.807, 2.05) is 36.7 Å². The van der Waals surface area contributed by atoms with Crippen molar-refractivity contribution in [3.63, 3.8) is 0 Å². The highest BCUT2D eigenvalue weighted by Crippen LogP contribution is 2.50. The number of rotatable bonds is 6. The fourth-order valence-electron chi connectivity index (χ4n) is 5.62. The summed E-state index contributed by atoms with van der Waals surface area (Å²) in [6.07, 6.45) is -5.85. The first-order chi connectivity index (χ1) is 18.0. The van der Waals surface area contributed by atoms with Crippen molar-refractivity contribution < 1.29 is 31.4 Å². The molecule has 2 aliphatic rings. The first-order valence-corrected chi connectivity index (χ1v) is 12.4. The molecule has 2 atom stereocenters. The monoisotopic (exact) mass is 535 g/mol. The molecule has 2 aromatic carbocycles. The lowest BCUT2D eigenvalue weighted by atomic mass is 9.90. The molecule has 0 saturated carbocycles. The summed E-state index contributed by atoms with van der Waals surface area (Å²) in [6, 6.07) is 16.2. The maximum atomic E-state index is 13.1. The minimum atomic E-state index is -5.90. The number of aromatic nitrogens is 1. The summed E-state index contributed by atoms with van der Waals surface area (Å²) in [5.41, 5.74) is -2.74. The van der Waals surface area contributed by atoms with Crippen LogP contribution < -0.4 is 0 Å². The molecule has 0 aliphatic carbocycles. The first-order valence-electron chi connectivity index (χ1n) is 12.4. The molecule has 2 aliphatic heterocycles. The van der Waals surface area contributed by atoms with E-state index in [0.717, 1.165) is 43.9 Å². The Morgan fingerprint density at radius 2 is 1.16 bits per heavy atom. The Morgan fingerprint density at radius 1 is 0.684 bits per heavy atom. The molecule has 10 heteroatoms. The number of hydrogen-bond donors (Lipinski definition) is 1. The molecule has 2 bridgehead atoms. The quantitative estimate of drug-likeness (QED) is 0.399. The summed E-state index contributed by atoms with van der Waals surface area (Å²) < 4.78 is 78.8. The average Bonchev–Trinajstić information content (AvgIpc) is 3.10. The summed E-state index contributed by atoms with van der Waals surface area (Å²) in [4.78, 5) is 9.10. The van der Waals surface area contributed by atoms with Crippen LogP contribution in [0.2, 0.25) is 0 Å². The molecule has 2 saturated heterocycles. The number of benzene rings is 2. The van der Waals surface area contributed by atoms with Gasteiger partial charge in [-0.1, -0.05) is 48.5 Å². The van der Waals surface area contributed by atoms with Gasteiger partial charge in [-0.25, -0.2) is 0 Å². The van der Waals surface area contributed by atoms with Gasteiger partial charge in [0.2, 0.25) is 0 Å². The predicted molar refractivity (Wildman–Crippen MR) is 130 cm³/mol. The van der Waals surface area contributed by atoms with E-state index in [4.69, 9.17) is 0 Å². The van der Waals surface area contributed by atoms with Gasteiger partial charge in [0.1, 0.15) is 0 Å². The maximum Gasteiger partial charge on any atom is 0.430 e. The molecule has 0 spiro atoms. The van der Waals surface area contributed by atoms with E-state index < -0.39 is 23.5 Å². The second-order valence-corrected chi connectivity index (χ2v) is 10.1. The van der Waals surface area contributed by atoms with Gasteiger partial charge in [0.15, 0.2) is 0 Å². The van der Waals surface area contributed by atoms with E-state index in [2.05, 4.69) is 14.8 Å². The minimum absolute atomic E-state index is 0.453. The van der Waals surface area contributed by atoms with Crippen molar-refractivity contribution in [2.75, 3.05) is 13.1 Å². The zero-order chi connectivity index (χ0) is 27.1. The highest BCUT2D eigenvalue weighted by Gasteiger charge is 2.71. The molecular formula is C28H27F6N3O. The average molecular weight is 536 g/mol. The van der Waals surface area contributed by atoms with Crippen LogP contribution in [0.4, 0.5) is 26.3 Å². The predicted octanol–water partition coefficient (Wildman–Crippen LogP) is 5.91. The number of alkyl halides is 6. The second kappa shape index (κ2) is 9.98. The van der Waals surface area contributed by atoms with E-state index in [9.17, 15) is 31.4 Å². The Balaban J connectivity index is 1.23. The van der Waals surface area contributed by atoms with Gasteiger partial charge in [-0.2, -0.15) is 26.3 Å². The van der Waals surface area contributed by atoms with Crippen molar-refractivity contribution in [3.05, 3.63) is 89.7 Å². The fourth-order valence-corrected chi connectivity index (χ4v) is 5.62. The molecule has 0 radical (unpaired) electrons. The molecule has 5 rings (SSSR count). The molecule has 4 nitrogen and oxygen atoms in total. The Morgan fingerprint density at radius 3 is 1.66 bits per heavy atom. The Labute approximate surface area is 216 Å². The van der Waals surface area contributed by atoms with Crippen LogP contribution in [0.3, 0.4) is 0 Å². The normalized spacial score (nSPS) is 21.1. The Bertz CT molecular complexity index is 1200. The van der Waals surface area contributed by atoms with Gasteiger partial charge in [-0.15, -0.1) is 0 Å². The number of halogens is 6. The molecule has 38 heavy (non-hydrogen) atoms. The largest absolute Gasteiger partial charge is 0.430 e. The van der Waals surface area contributed by atoms with Crippen LogP contribution in [-0.4, -0.2) is 57.4 Å². The highest BCUT2D eigenvalue weighted by molar-refractivity contribution is 5.64. The molecule has 3 aromatic rings. The van der Waals surface area contributed by atoms with Gasteiger partial charge >= 0.3 is 12.4 Å². The van der Waals surface area contributed by atoms with Gasteiger partial charge in [0.05, 0.1) is 0 Å². The molecule has 2 unspecified atom stereocenters. The van der Waals surface area contributed by atoms with E-state index in [1.54, 1.807) is 12.1 Å². The smallest absolute Gasteiger partial charge is 0.369 e. The summed E-state index contributed by atoms with van der Waals surface area (Å²) in [5.74, 6) is 0. The maximum absolute atomic E-state index is 13.1. The van der Waals surface area contributed by atoms with Crippen LogP contribution in [0.1, 0.15) is 29.5 Å².